The molecule has 4 rings (SSSR count). The van der Waals surface area contributed by atoms with Gasteiger partial charge in [0.05, 0.1) is 5.52 Å². The Bertz CT molecular complexity index is 849. The van der Waals surface area contributed by atoms with Gasteiger partial charge in [0.15, 0.2) is 5.58 Å². The van der Waals surface area contributed by atoms with Crippen molar-refractivity contribution in [2.75, 3.05) is 26.2 Å². The molecule has 1 aliphatic carbocycles. The van der Waals surface area contributed by atoms with E-state index < -0.39 is 5.76 Å². The van der Waals surface area contributed by atoms with Gasteiger partial charge in [-0.1, -0.05) is 0 Å². The van der Waals surface area contributed by atoms with Gasteiger partial charge in [-0.2, -0.15) is 0 Å². The second kappa shape index (κ2) is 5.81. The average molecular weight is 329 g/mol. The lowest BCUT2D eigenvalue weighted by Gasteiger charge is -2.22. The maximum atomic E-state index is 12.7. The number of rotatable bonds is 2. The molecule has 0 spiro atoms. The average Bonchev–Trinajstić information content (AvgIpc) is 3.37. The highest BCUT2D eigenvalue weighted by molar-refractivity contribution is 5.97. The van der Waals surface area contributed by atoms with Crippen LogP contribution in [0.4, 0.5) is 0 Å². The van der Waals surface area contributed by atoms with Crippen molar-refractivity contribution in [2.24, 2.45) is 5.92 Å². The zero-order valence-corrected chi connectivity index (χ0v) is 13.3. The van der Waals surface area contributed by atoms with Gasteiger partial charge in [-0.05, 0) is 37.5 Å². The van der Waals surface area contributed by atoms with Gasteiger partial charge >= 0.3 is 5.76 Å². The van der Waals surface area contributed by atoms with Gasteiger partial charge in [0.1, 0.15) is 0 Å². The van der Waals surface area contributed by atoms with Crippen LogP contribution in [-0.2, 0) is 4.79 Å². The van der Waals surface area contributed by atoms with E-state index in [2.05, 4.69) is 4.98 Å². The first-order chi connectivity index (χ1) is 11.6. The molecule has 0 atom stereocenters. The fraction of sp³-hybridized carbons (Fsp3) is 0.471. The summed E-state index contributed by atoms with van der Waals surface area (Å²) in [7, 11) is 0. The summed E-state index contributed by atoms with van der Waals surface area (Å²) in [6.45, 7) is 2.48. The van der Waals surface area contributed by atoms with E-state index in [1.54, 1.807) is 23.1 Å². The molecule has 24 heavy (non-hydrogen) atoms. The molecule has 1 aliphatic heterocycles. The van der Waals surface area contributed by atoms with E-state index in [1.165, 1.54) is 0 Å². The summed E-state index contributed by atoms with van der Waals surface area (Å²) in [6.07, 6.45) is 2.79. The van der Waals surface area contributed by atoms with E-state index in [0.29, 0.717) is 42.8 Å². The quantitative estimate of drug-likeness (QED) is 0.897. The first-order valence-electron chi connectivity index (χ1n) is 8.33. The smallest absolute Gasteiger partial charge is 0.408 e. The third-order valence-corrected chi connectivity index (χ3v) is 4.69. The molecule has 2 heterocycles. The van der Waals surface area contributed by atoms with Gasteiger partial charge in [0.25, 0.3) is 5.91 Å². The van der Waals surface area contributed by atoms with Gasteiger partial charge < -0.3 is 14.2 Å². The second-order valence-electron chi connectivity index (χ2n) is 6.47. The Kier molecular flexibility index (Phi) is 3.63. The molecule has 2 fully saturated rings. The number of oxazole rings is 1. The molecule has 126 valence electrons. The van der Waals surface area contributed by atoms with Crippen LogP contribution in [0.5, 0.6) is 0 Å². The van der Waals surface area contributed by atoms with Gasteiger partial charge in [0, 0.05) is 37.7 Å². The van der Waals surface area contributed by atoms with Crippen molar-refractivity contribution in [3.63, 3.8) is 0 Å². The molecule has 0 radical (unpaired) electrons. The summed E-state index contributed by atoms with van der Waals surface area (Å²) < 4.78 is 4.96. The molecule has 2 aliphatic rings. The molecule has 0 bridgehead atoms. The maximum absolute atomic E-state index is 12.7. The summed E-state index contributed by atoms with van der Waals surface area (Å²) in [5, 5.41) is 0. The summed E-state index contributed by atoms with van der Waals surface area (Å²) in [4.78, 5) is 42.4. The van der Waals surface area contributed by atoms with Crippen molar-refractivity contribution in [1.82, 2.24) is 14.8 Å². The number of hydrogen-bond acceptors (Lipinski definition) is 4. The molecule has 1 saturated carbocycles. The van der Waals surface area contributed by atoms with Crippen molar-refractivity contribution >= 4 is 22.9 Å². The summed E-state index contributed by atoms with van der Waals surface area (Å²) in [6, 6.07) is 4.93. The number of carbonyl (C=O) groups is 2. The van der Waals surface area contributed by atoms with Crippen molar-refractivity contribution in [3.05, 3.63) is 34.3 Å². The van der Waals surface area contributed by atoms with E-state index in [-0.39, 0.29) is 17.7 Å². The molecule has 7 heteroatoms. The number of H-pyrrole nitrogens is 1. The number of benzene rings is 1. The number of nitrogens with zero attached hydrogens (tertiary/aromatic N) is 2. The van der Waals surface area contributed by atoms with Crippen LogP contribution in [0.25, 0.3) is 11.1 Å². The van der Waals surface area contributed by atoms with Crippen LogP contribution in [0, 0.1) is 5.92 Å². The van der Waals surface area contributed by atoms with Gasteiger partial charge in [-0.15, -0.1) is 0 Å². The Hall–Kier alpha value is -2.57. The lowest BCUT2D eigenvalue weighted by Crippen LogP contribution is -2.37. The topological polar surface area (TPSA) is 86.6 Å². The van der Waals surface area contributed by atoms with Crippen LogP contribution in [0.3, 0.4) is 0 Å². The highest BCUT2D eigenvalue weighted by Crippen LogP contribution is 2.31. The minimum Gasteiger partial charge on any atom is -0.408 e. The van der Waals surface area contributed by atoms with E-state index >= 15 is 0 Å². The van der Waals surface area contributed by atoms with Crippen LogP contribution in [-0.4, -0.2) is 52.8 Å². The standard InChI is InChI=1S/C17H19N3O4/c21-15(11-2-3-11)19-6-1-7-20(9-8-19)16(22)12-4-5-14-13(10-12)18-17(23)24-14/h4-5,10-11H,1-3,6-9H2,(H,18,23). The van der Waals surface area contributed by atoms with E-state index in [0.717, 1.165) is 19.3 Å². The molecule has 1 aromatic carbocycles. The fourth-order valence-corrected chi connectivity index (χ4v) is 3.20. The highest BCUT2D eigenvalue weighted by atomic mass is 16.4. The Morgan fingerprint density at radius 2 is 1.83 bits per heavy atom. The Balaban J connectivity index is 1.48. The zero-order chi connectivity index (χ0) is 16.7. The number of carbonyl (C=O) groups excluding carboxylic acids is 2. The second-order valence-corrected chi connectivity index (χ2v) is 6.47. The van der Waals surface area contributed by atoms with Crippen molar-refractivity contribution in [3.8, 4) is 0 Å². The molecule has 7 nitrogen and oxygen atoms in total. The predicted octanol–water partition coefficient (Wildman–Crippen LogP) is 1.21. The highest BCUT2D eigenvalue weighted by Gasteiger charge is 2.34. The van der Waals surface area contributed by atoms with Crippen LogP contribution in [0.15, 0.2) is 27.4 Å². The summed E-state index contributed by atoms with van der Waals surface area (Å²) >= 11 is 0. The van der Waals surface area contributed by atoms with Gasteiger partial charge in [-0.25, -0.2) is 4.79 Å². The van der Waals surface area contributed by atoms with Crippen LogP contribution in [0.1, 0.15) is 29.6 Å². The van der Waals surface area contributed by atoms with Crippen molar-refractivity contribution < 1.29 is 14.0 Å². The third kappa shape index (κ3) is 2.81. The molecular weight excluding hydrogens is 310 g/mol. The molecule has 2 amide bonds. The Morgan fingerprint density at radius 1 is 1.08 bits per heavy atom. The van der Waals surface area contributed by atoms with Gasteiger partial charge in [0.2, 0.25) is 5.91 Å². The van der Waals surface area contributed by atoms with Crippen molar-refractivity contribution in [1.29, 1.82) is 0 Å². The SMILES string of the molecule is O=C(c1ccc2oc(=O)[nH]c2c1)N1CCCN(C(=O)C2CC2)CC1. The van der Waals surface area contributed by atoms with Crippen LogP contribution < -0.4 is 5.76 Å². The summed E-state index contributed by atoms with van der Waals surface area (Å²) in [5.74, 6) is -0.160. The molecule has 1 saturated heterocycles. The lowest BCUT2D eigenvalue weighted by atomic mass is 10.1. The van der Waals surface area contributed by atoms with Crippen LogP contribution in [0.2, 0.25) is 0 Å². The number of aromatic amines is 1. The lowest BCUT2D eigenvalue weighted by molar-refractivity contribution is -0.132. The van der Waals surface area contributed by atoms with E-state index in [9.17, 15) is 14.4 Å². The minimum absolute atomic E-state index is 0.0836. The maximum Gasteiger partial charge on any atom is 0.417 e. The number of nitrogens with one attached hydrogen (secondary N) is 1. The summed E-state index contributed by atoms with van der Waals surface area (Å²) in [5.41, 5.74) is 1.47. The monoisotopic (exact) mass is 329 g/mol. The molecular formula is C17H19N3O4. The number of amides is 2. The normalized spacial score (nSPS) is 18.7. The van der Waals surface area contributed by atoms with Crippen LogP contribution >= 0.6 is 0 Å². The molecule has 1 N–H and O–H groups in total. The van der Waals surface area contributed by atoms with Crippen molar-refractivity contribution in [2.45, 2.75) is 19.3 Å². The first kappa shape index (κ1) is 15.0. The molecule has 1 aromatic heterocycles. The largest absolute Gasteiger partial charge is 0.417 e. The van der Waals surface area contributed by atoms with E-state index in [4.69, 9.17) is 4.42 Å². The fourth-order valence-electron chi connectivity index (χ4n) is 3.20. The predicted molar refractivity (Wildman–Crippen MR) is 86.7 cm³/mol. The number of hydrogen-bond donors (Lipinski definition) is 1. The zero-order valence-electron chi connectivity index (χ0n) is 13.3. The molecule has 2 aromatic rings. The first-order valence-corrected chi connectivity index (χ1v) is 8.33. The third-order valence-electron chi connectivity index (χ3n) is 4.69. The Labute approximate surface area is 138 Å². The Morgan fingerprint density at radius 3 is 2.62 bits per heavy atom. The van der Waals surface area contributed by atoms with Gasteiger partial charge in [-0.3, -0.25) is 14.6 Å². The van der Waals surface area contributed by atoms with E-state index in [1.807, 2.05) is 4.90 Å². The number of fused-ring (bicyclic) bond motifs is 1. The number of aromatic nitrogens is 1. The minimum atomic E-state index is -0.529. The molecule has 0 unspecified atom stereocenters.